The van der Waals surface area contributed by atoms with Crippen LogP contribution in [0.3, 0.4) is 0 Å². The molecule has 0 saturated heterocycles. The van der Waals surface area contributed by atoms with E-state index in [4.69, 9.17) is 23.0 Å². The molecule has 10 atom stereocenters. The maximum atomic E-state index is 14.8. The van der Waals surface area contributed by atoms with E-state index in [0.717, 1.165) is 24.8 Å². The van der Waals surface area contributed by atoms with Crippen LogP contribution in [0.4, 0.5) is 4.79 Å². The first kappa shape index (κ1) is 36.4. The van der Waals surface area contributed by atoms with Gasteiger partial charge in [-0.1, -0.05) is 47.1 Å². The molecule has 0 aliphatic heterocycles. The van der Waals surface area contributed by atoms with E-state index in [0.29, 0.717) is 44.3 Å². The first-order valence-corrected chi connectivity index (χ1v) is 18.2. The van der Waals surface area contributed by atoms with Crippen molar-refractivity contribution in [3.05, 3.63) is 33.8 Å². The number of ether oxygens (including phenoxy) is 3. The summed E-state index contributed by atoms with van der Waals surface area (Å²) in [5.41, 5.74) is -2.62. The summed E-state index contributed by atoms with van der Waals surface area (Å²) in [5, 5.41) is 10.2. The molecule has 0 radical (unpaired) electrons. The first-order chi connectivity index (χ1) is 23.2. The van der Waals surface area contributed by atoms with Gasteiger partial charge < -0.3 is 28.2 Å². The Labute approximate surface area is 293 Å². The lowest BCUT2D eigenvalue weighted by Crippen LogP contribution is -2.68. The summed E-state index contributed by atoms with van der Waals surface area (Å²) in [7, 11) is 1.22. The number of allylic oxidation sites excluding steroid dienone is 2. The van der Waals surface area contributed by atoms with Crippen molar-refractivity contribution in [2.45, 2.75) is 132 Å². The van der Waals surface area contributed by atoms with Crippen LogP contribution in [0.15, 0.2) is 25.3 Å². The molecule has 1 aromatic heterocycles. The number of hydrogen-bond acceptors (Lipinski definition) is 10. The number of fused-ring (bicyclic) bond motifs is 7. The monoisotopic (exact) mass is 698 g/mol. The lowest BCUT2D eigenvalue weighted by atomic mass is 9.33. The summed E-state index contributed by atoms with van der Waals surface area (Å²) in [5.74, 6) is -2.83. The van der Waals surface area contributed by atoms with Gasteiger partial charge in [0.25, 0.3) is 0 Å². The Bertz CT molecular complexity index is 1680. The quantitative estimate of drug-likeness (QED) is 0.292. The molecule has 50 heavy (non-hydrogen) atoms. The third kappa shape index (κ3) is 5.06. The second-order valence-electron chi connectivity index (χ2n) is 17.9. The fraction of sp³-hybridized carbons (Fsp3) is 0.769. The second-order valence-corrected chi connectivity index (χ2v) is 17.9. The number of esters is 1. The molecular weight excluding hydrogens is 644 g/mol. The van der Waals surface area contributed by atoms with Crippen molar-refractivity contribution in [2.24, 2.45) is 50.2 Å². The molecule has 1 heterocycles. The van der Waals surface area contributed by atoms with Gasteiger partial charge in [-0.25, -0.2) is 9.59 Å². The Balaban J connectivity index is 1.39. The number of methoxy groups -OCH3 is 1. The summed E-state index contributed by atoms with van der Waals surface area (Å²) in [6.45, 7) is 15.9. The number of hydrogen-bond donors (Lipinski definition) is 1. The number of aliphatic carboxylic acids is 1. The molecule has 6 rings (SSSR count). The molecule has 0 amide bonds. The van der Waals surface area contributed by atoms with Gasteiger partial charge in [-0.15, -0.1) is 0 Å². The summed E-state index contributed by atoms with van der Waals surface area (Å²) < 4.78 is 27.0. The van der Waals surface area contributed by atoms with Crippen molar-refractivity contribution in [1.29, 1.82) is 0 Å². The van der Waals surface area contributed by atoms with Crippen LogP contribution < -0.4 is 5.82 Å². The second kappa shape index (κ2) is 11.8. The van der Waals surface area contributed by atoms with Crippen LogP contribution in [0.25, 0.3) is 0 Å². The SMILES string of the molecule is COC(=O)O[C@H]1CC[C@@]2(C)C(CC[C@]3(C)[C@@H]2C(=O)C=C2[C@@H]4C[C@@](C)(C(=O)O)CC[C@]4(C)CC[C@]23C)[C@]1(C)C(=O)OCc1oc(=O)oc1C(C)C. The number of carbonyl (C=O) groups is 4. The first-order valence-electron chi connectivity index (χ1n) is 18.2. The van der Waals surface area contributed by atoms with E-state index in [1.807, 2.05) is 26.8 Å². The van der Waals surface area contributed by atoms with E-state index in [1.54, 1.807) is 6.92 Å². The highest BCUT2D eigenvalue weighted by atomic mass is 16.7. The van der Waals surface area contributed by atoms with Crippen LogP contribution in [-0.2, 0) is 35.2 Å². The maximum absolute atomic E-state index is 14.8. The molecule has 0 aromatic carbocycles. The van der Waals surface area contributed by atoms with Gasteiger partial charge in [0, 0.05) is 11.8 Å². The van der Waals surface area contributed by atoms with Gasteiger partial charge in [-0.05, 0) is 111 Å². The minimum Gasteiger partial charge on any atom is -0.481 e. The van der Waals surface area contributed by atoms with E-state index in [2.05, 4.69) is 27.7 Å². The average molecular weight is 699 g/mol. The topological polar surface area (TPSA) is 160 Å². The Hall–Kier alpha value is -3.37. The van der Waals surface area contributed by atoms with Gasteiger partial charge in [-0.3, -0.25) is 14.4 Å². The highest BCUT2D eigenvalue weighted by Gasteiger charge is 2.72. The molecule has 1 aromatic rings. The minimum atomic E-state index is -1.35. The van der Waals surface area contributed by atoms with Gasteiger partial charge in [0.15, 0.2) is 23.9 Å². The average Bonchev–Trinajstić information content (AvgIpc) is 3.43. The molecule has 5 aliphatic rings. The van der Waals surface area contributed by atoms with E-state index in [9.17, 15) is 29.1 Å². The Morgan fingerprint density at radius 3 is 2.26 bits per heavy atom. The van der Waals surface area contributed by atoms with E-state index < -0.39 is 63.5 Å². The highest BCUT2D eigenvalue weighted by Crippen LogP contribution is 2.75. The Morgan fingerprint density at radius 1 is 0.940 bits per heavy atom. The molecule has 0 bridgehead atoms. The number of ketones is 1. The molecule has 0 spiro atoms. The van der Waals surface area contributed by atoms with Crippen molar-refractivity contribution in [3.8, 4) is 0 Å². The van der Waals surface area contributed by atoms with E-state index in [1.165, 1.54) is 7.11 Å². The lowest BCUT2D eigenvalue weighted by molar-refractivity contribution is -0.220. The van der Waals surface area contributed by atoms with Crippen molar-refractivity contribution < 1.29 is 47.3 Å². The van der Waals surface area contributed by atoms with Crippen molar-refractivity contribution in [1.82, 2.24) is 0 Å². The predicted molar refractivity (Wildman–Crippen MR) is 180 cm³/mol. The largest absolute Gasteiger partial charge is 0.519 e. The predicted octanol–water partition coefficient (Wildman–Crippen LogP) is 7.60. The molecule has 11 nitrogen and oxygen atoms in total. The van der Waals surface area contributed by atoms with Gasteiger partial charge in [-0.2, -0.15) is 0 Å². The molecule has 4 saturated carbocycles. The Morgan fingerprint density at radius 2 is 1.62 bits per heavy atom. The fourth-order valence-electron chi connectivity index (χ4n) is 11.8. The van der Waals surface area contributed by atoms with Crippen molar-refractivity contribution >= 4 is 23.9 Å². The molecule has 1 N–H and O–H groups in total. The number of carbonyl (C=O) groups excluding carboxylic acids is 3. The zero-order valence-electron chi connectivity index (χ0n) is 31.1. The van der Waals surface area contributed by atoms with Crippen LogP contribution in [0.1, 0.15) is 131 Å². The van der Waals surface area contributed by atoms with E-state index >= 15 is 0 Å². The van der Waals surface area contributed by atoms with Crippen molar-refractivity contribution in [3.63, 3.8) is 0 Å². The molecule has 1 unspecified atom stereocenters. The van der Waals surface area contributed by atoms with Crippen LogP contribution >= 0.6 is 0 Å². The molecule has 276 valence electrons. The molecule has 4 fully saturated rings. The van der Waals surface area contributed by atoms with Crippen LogP contribution in [-0.4, -0.2) is 42.2 Å². The standard InChI is InChI=1S/C39H54O11/c1-21(2)28-25(48-33(45)50-28)20-47-31(43)39(8)26-10-13-38(7)29(36(26,5)12-11-27(39)49-32(44)46-9)24(40)18-22-23-19-35(4,30(41)42)15-14-34(23,3)16-17-37(22,38)6/h18,21,23,26-27,29H,10-17,19-20H2,1-9H3,(H,41,42)/t23-,26?,27-,29+,34+,35-,36-,37+,38+,39-/m0/s1. The summed E-state index contributed by atoms with van der Waals surface area (Å²) in [6.07, 6.45) is 5.99. The summed E-state index contributed by atoms with van der Waals surface area (Å²) in [4.78, 5) is 66.2. The zero-order valence-corrected chi connectivity index (χ0v) is 31.1. The summed E-state index contributed by atoms with van der Waals surface area (Å²) >= 11 is 0. The lowest BCUT2D eigenvalue weighted by Gasteiger charge is -2.70. The molecule has 5 aliphatic carbocycles. The maximum Gasteiger partial charge on any atom is 0.519 e. The number of carboxylic acid groups (broad SMARTS) is 1. The normalized spacial score (nSPS) is 42.3. The van der Waals surface area contributed by atoms with Gasteiger partial charge in [0.2, 0.25) is 0 Å². The summed E-state index contributed by atoms with van der Waals surface area (Å²) in [6, 6.07) is 0. The van der Waals surface area contributed by atoms with Gasteiger partial charge in [0.1, 0.15) is 11.5 Å². The fourth-order valence-corrected chi connectivity index (χ4v) is 11.8. The van der Waals surface area contributed by atoms with Crippen LogP contribution in [0, 0.1) is 50.2 Å². The highest BCUT2D eigenvalue weighted by molar-refractivity contribution is 5.96. The minimum absolute atomic E-state index is 0.00788. The third-order valence-electron chi connectivity index (χ3n) is 15.1. The smallest absolute Gasteiger partial charge is 0.481 e. The zero-order chi connectivity index (χ0) is 36.8. The van der Waals surface area contributed by atoms with Gasteiger partial charge >= 0.3 is 23.9 Å². The molecule has 11 heteroatoms. The Kier molecular flexibility index (Phi) is 8.62. The third-order valence-corrected chi connectivity index (χ3v) is 15.1. The van der Waals surface area contributed by atoms with Crippen LogP contribution in [0.2, 0.25) is 0 Å². The van der Waals surface area contributed by atoms with Gasteiger partial charge in [0.05, 0.1) is 12.5 Å². The number of carboxylic acids is 1. The van der Waals surface area contributed by atoms with Crippen molar-refractivity contribution in [2.75, 3.05) is 7.11 Å². The van der Waals surface area contributed by atoms with E-state index in [-0.39, 0.29) is 40.8 Å². The molecular formula is C39H54O11. The van der Waals surface area contributed by atoms with Crippen LogP contribution in [0.5, 0.6) is 0 Å². The number of rotatable bonds is 6.